The summed E-state index contributed by atoms with van der Waals surface area (Å²) in [4.78, 5) is 15.7. The smallest absolute Gasteiger partial charge is 0.294 e. The zero-order valence-electron chi connectivity index (χ0n) is 7.99. The Morgan fingerprint density at radius 1 is 1.53 bits per heavy atom. The van der Waals surface area contributed by atoms with Gasteiger partial charge in [0.2, 0.25) is 5.82 Å². The molecule has 0 saturated carbocycles. The predicted molar refractivity (Wildman–Crippen MR) is 59.8 cm³/mol. The first-order valence-corrected chi connectivity index (χ1v) is 4.64. The molecule has 0 bridgehead atoms. The Morgan fingerprint density at radius 2 is 2.27 bits per heavy atom. The number of hydrazine groups is 1. The molecule has 0 spiro atoms. The summed E-state index contributed by atoms with van der Waals surface area (Å²) in [5.41, 5.74) is 3.32. The predicted octanol–water partition coefficient (Wildman–Crippen LogP) is 0.873. The van der Waals surface area contributed by atoms with Gasteiger partial charge < -0.3 is 9.99 Å². The van der Waals surface area contributed by atoms with Gasteiger partial charge in [0.15, 0.2) is 0 Å². The lowest BCUT2D eigenvalue weighted by atomic mass is 10.3. The van der Waals surface area contributed by atoms with Crippen LogP contribution in [0.2, 0.25) is 5.02 Å². The lowest BCUT2D eigenvalue weighted by molar-refractivity contribution is 0.891. The number of halogens is 1. The molecule has 1 aromatic carbocycles. The Hall–Kier alpha value is -1.59. The number of aromatic nitrogens is 2. The van der Waals surface area contributed by atoms with E-state index in [-0.39, 0.29) is 11.4 Å². The number of nitrogens with one attached hydrogen (secondary N) is 1. The Morgan fingerprint density at radius 3 is 2.93 bits per heavy atom. The Labute approximate surface area is 90.5 Å². The SMILES string of the molecule is Cn1c(=O)c(NN)nc2cc(Cl)ccc21. The second kappa shape index (κ2) is 3.52. The molecule has 3 N–H and O–H groups in total. The van der Waals surface area contributed by atoms with Crippen molar-refractivity contribution >= 4 is 28.5 Å². The van der Waals surface area contributed by atoms with E-state index in [1.54, 1.807) is 25.2 Å². The van der Waals surface area contributed by atoms with Crippen LogP contribution in [-0.4, -0.2) is 9.55 Å². The van der Waals surface area contributed by atoms with Crippen LogP contribution in [0.25, 0.3) is 11.0 Å². The van der Waals surface area contributed by atoms with E-state index < -0.39 is 0 Å². The summed E-state index contributed by atoms with van der Waals surface area (Å²) in [6.45, 7) is 0. The number of hydrogen-bond donors (Lipinski definition) is 2. The highest BCUT2D eigenvalue weighted by molar-refractivity contribution is 6.31. The van der Waals surface area contributed by atoms with Gasteiger partial charge in [-0.1, -0.05) is 11.6 Å². The first-order chi connectivity index (χ1) is 7.13. The molecule has 0 amide bonds. The molecule has 5 nitrogen and oxygen atoms in total. The molecular formula is C9H9ClN4O. The van der Waals surface area contributed by atoms with Crippen molar-refractivity contribution in [1.82, 2.24) is 9.55 Å². The first-order valence-electron chi connectivity index (χ1n) is 4.26. The minimum absolute atomic E-state index is 0.104. The number of fused-ring (bicyclic) bond motifs is 1. The van der Waals surface area contributed by atoms with Crippen molar-refractivity contribution in [3.8, 4) is 0 Å². The summed E-state index contributed by atoms with van der Waals surface area (Å²) in [5, 5.41) is 0.566. The van der Waals surface area contributed by atoms with Crippen molar-refractivity contribution in [3.05, 3.63) is 33.6 Å². The van der Waals surface area contributed by atoms with Gasteiger partial charge in [-0.2, -0.15) is 0 Å². The van der Waals surface area contributed by atoms with Crippen LogP contribution < -0.4 is 16.8 Å². The molecule has 0 aliphatic heterocycles. The van der Waals surface area contributed by atoms with Crippen molar-refractivity contribution in [2.75, 3.05) is 5.43 Å². The number of rotatable bonds is 1. The van der Waals surface area contributed by atoms with E-state index in [0.717, 1.165) is 0 Å². The Kier molecular flexibility index (Phi) is 2.34. The largest absolute Gasteiger partial charge is 0.307 e. The fourth-order valence-corrected chi connectivity index (χ4v) is 1.57. The fourth-order valence-electron chi connectivity index (χ4n) is 1.40. The van der Waals surface area contributed by atoms with Crippen molar-refractivity contribution in [1.29, 1.82) is 0 Å². The summed E-state index contributed by atoms with van der Waals surface area (Å²) in [6.07, 6.45) is 0. The number of benzene rings is 1. The molecule has 15 heavy (non-hydrogen) atoms. The van der Waals surface area contributed by atoms with E-state index in [1.165, 1.54) is 4.57 Å². The third-order valence-electron chi connectivity index (χ3n) is 2.18. The highest BCUT2D eigenvalue weighted by Gasteiger charge is 2.06. The van der Waals surface area contributed by atoms with E-state index >= 15 is 0 Å². The molecule has 2 rings (SSSR count). The van der Waals surface area contributed by atoms with Crippen molar-refractivity contribution in [2.45, 2.75) is 0 Å². The minimum Gasteiger partial charge on any atom is -0.307 e. The van der Waals surface area contributed by atoms with Gasteiger partial charge in [0, 0.05) is 12.1 Å². The van der Waals surface area contributed by atoms with Crippen LogP contribution in [0, 0.1) is 0 Å². The van der Waals surface area contributed by atoms with E-state index in [4.69, 9.17) is 17.4 Å². The van der Waals surface area contributed by atoms with Crippen LogP contribution in [-0.2, 0) is 7.05 Å². The fraction of sp³-hybridized carbons (Fsp3) is 0.111. The first kappa shape index (κ1) is 9.95. The van der Waals surface area contributed by atoms with Crippen molar-refractivity contribution in [2.24, 2.45) is 12.9 Å². The zero-order chi connectivity index (χ0) is 11.0. The lowest BCUT2D eigenvalue weighted by Gasteiger charge is -2.06. The summed E-state index contributed by atoms with van der Waals surface area (Å²) >= 11 is 5.83. The molecule has 1 heterocycles. The van der Waals surface area contributed by atoms with Crippen LogP contribution in [0.15, 0.2) is 23.0 Å². The van der Waals surface area contributed by atoms with Crippen LogP contribution in [0.4, 0.5) is 5.82 Å². The number of anilines is 1. The van der Waals surface area contributed by atoms with Gasteiger partial charge in [0.25, 0.3) is 5.56 Å². The van der Waals surface area contributed by atoms with Crippen LogP contribution >= 0.6 is 11.6 Å². The maximum atomic E-state index is 11.6. The van der Waals surface area contributed by atoms with Crippen LogP contribution in [0.1, 0.15) is 0 Å². The number of hydrogen-bond acceptors (Lipinski definition) is 4. The topological polar surface area (TPSA) is 72.9 Å². The van der Waals surface area contributed by atoms with Gasteiger partial charge in [-0.05, 0) is 18.2 Å². The van der Waals surface area contributed by atoms with Gasteiger partial charge in [0.1, 0.15) is 0 Å². The highest BCUT2D eigenvalue weighted by atomic mass is 35.5. The molecule has 0 atom stereocenters. The zero-order valence-corrected chi connectivity index (χ0v) is 8.75. The highest BCUT2D eigenvalue weighted by Crippen LogP contribution is 2.16. The number of nitrogens with zero attached hydrogens (tertiary/aromatic N) is 2. The van der Waals surface area contributed by atoms with Gasteiger partial charge in [-0.15, -0.1) is 0 Å². The molecule has 1 aromatic heterocycles. The van der Waals surface area contributed by atoms with Crippen molar-refractivity contribution in [3.63, 3.8) is 0 Å². The second-order valence-electron chi connectivity index (χ2n) is 3.10. The number of nitrogens with two attached hydrogens (primary N) is 1. The quantitative estimate of drug-likeness (QED) is 0.557. The molecule has 78 valence electrons. The monoisotopic (exact) mass is 224 g/mol. The van der Waals surface area contributed by atoms with Gasteiger partial charge in [-0.3, -0.25) is 4.79 Å². The summed E-state index contributed by atoms with van der Waals surface area (Å²) < 4.78 is 1.47. The van der Waals surface area contributed by atoms with E-state index in [1.807, 2.05) is 0 Å². The third kappa shape index (κ3) is 1.55. The second-order valence-corrected chi connectivity index (χ2v) is 3.54. The standard InChI is InChI=1S/C9H9ClN4O/c1-14-7-3-2-5(10)4-6(7)12-8(13-11)9(14)15/h2-4H,11H2,1H3,(H,12,13). The number of nitrogen functional groups attached to an aromatic ring is 1. The van der Waals surface area contributed by atoms with E-state index in [0.29, 0.717) is 16.1 Å². The average molecular weight is 225 g/mol. The van der Waals surface area contributed by atoms with Gasteiger partial charge in [0.05, 0.1) is 11.0 Å². The molecule has 0 unspecified atom stereocenters. The molecule has 0 fully saturated rings. The minimum atomic E-state index is -0.271. The van der Waals surface area contributed by atoms with Gasteiger partial charge in [-0.25, -0.2) is 10.8 Å². The van der Waals surface area contributed by atoms with Crippen LogP contribution in [0.5, 0.6) is 0 Å². The Bertz CT molecular complexity index is 578. The summed E-state index contributed by atoms with van der Waals surface area (Å²) in [7, 11) is 1.65. The molecule has 2 aromatic rings. The van der Waals surface area contributed by atoms with E-state index in [9.17, 15) is 4.79 Å². The maximum absolute atomic E-state index is 11.6. The van der Waals surface area contributed by atoms with Crippen LogP contribution in [0.3, 0.4) is 0 Å². The number of aryl methyl sites for hydroxylation is 1. The average Bonchev–Trinajstić information content (AvgIpc) is 2.23. The molecule has 0 radical (unpaired) electrons. The lowest BCUT2D eigenvalue weighted by Crippen LogP contribution is -2.25. The molecule has 0 aliphatic rings. The maximum Gasteiger partial charge on any atom is 0.294 e. The van der Waals surface area contributed by atoms with Crippen molar-refractivity contribution < 1.29 is 0 Å². The third-order valence-corrected chi connectivity index (χ3v) is 2.41. The van der Waals surface area contributed by atoms with E-state index in [2.05, 4.69) is 10.4 Å². The normalized spacial score (nSPS) is 10.6. The Balaban J connectivity index is 2.91. The summed E-state index contributed by atoms with van der Waals surface area (Å²) in [6, 6.07) is 5.13. The molecular weight excluding hydrogens is 216 g/mol. The molecule has 0 aliphatic carbocycles. The molecule has 0 saturated heterocycles. The summed E-state index contributed by atoms with van der Waals surface area (Å²) in [5.74, 6) is 5.29. The molecule has 6 heteroatoms. The van der Waals surface area contributed by atoms with Gasteiger partial charge >= 0.3 is 0 Å².